The van der Waals surface area contributed by atoms with E-state index < -0.39 is 0 Å². The topological polar surface area (TPSA) is 72.0 Å². The summed E-state index contributed by atoms with van der Waals surface area (Å²) in [4.78, 5) is 3.86. The molecule has 13 heavy (non-hydrogen) atoms. The van der Waals surface area contributed by atoms with Gasteiger partial charge in [-0.3, -0.25) is 10.4 Å². The van der Waals surface area contributed by atoms with Crippen LogP contribution >= 0.6 is 24.8 Å². The van der Waals surface area contributed by atoms with Crippen molar-refractivity contribution in [3.63, 3.8) is 0 Å². The number of halogens is 2. The Morgan fingerprint density at radius 1 is 1.54 bits per heavy atom. The molecule has 4 nitrogen and oxygen atoms in total. The zero-order chi connectivity index (χ0) is 8.27. The zero-order valence-corrected chi connectivity index (χ0v) is 8.61. The van der Waals surface area contributed by atoms with E-state index in [1.807, 2.05) is 0 Å². The molecule has 0 aromatic carbocycles. The average Bonchev–Trinajstić information content (AvgIpc) is 2.05. The molecule has 0 spiro atoms. The third-order valence-electron chi connectivity index (χ3n) is 1.24. The van der Waals surface area contributed by atoms with E-state index in [-0.39, 0.29) is 30.6 Å². The van der Waals surface area contributed by atoms with Crippen molar-refractivity contribution in [3.8, 4) is 5.75 Å². The number of hydrogen-bond acceptors (Lipinski definition) is 3. The van der Waals surface area contributed by atoms with Crippen molar-refractivity contribution in [3.05, 3.63) is 24.0 Å². The lowest BCUT2D eigenvalue weighted by molar-refractivity contribution is 0.414. The summed E-state index contributed by atoms with van der Waals surface area (Å²) >= 11 is 0. The second kappa shape index (κ2) is 6.51. The maximum Gasteiger partial charge on any atom is 0.141 e. The largest absolute Gasteiger partial charge is 0.497 e. The molecule has 1 heterocycles. The molecule has 0 fully saturated rings. The van der Waals surface area contributed by atoms with Crippen LogP contribution in [0.25, 0.3) is 0 Å². The maximum atomic E-state index is 7.07. The number of nitrogens with zero attached hydrogens (tertiary/aromatic N) is 1. The Morgan fingerprint density at radius 3 is 2.62 bits per heavy atom. The summed E-state index contributed by atoms with van der Waals surface area (Å²) in [7, 11) is 1.55. The lowest BCUT2D eigenvalue weighted by Crippen LogP contribution is -2.12. The molecule has 0 radical (unpaired) electrons. The Morgan fingerprint density at radius 2 is 2.15 bits per heavy atom. The first-order chi connectivity index (χ1) is 5.24. The van der Waals surface area contributed by atoms with Crippen LogP contribution in [0, 0.1) is 5.41 Å². The van der Waals surface area contributed by atoms with Crippen molar-refractivity contribution in [1.82, 2.24) is 4.98 Å². The summed E-state index contributed by atoms with van der Waals surface area (Å²) in [6.07, 6.45) is 1.55. The quantitative estimate of drug-likeness (QED) is 0.585. The van der Waals surface area contributed by atoms with E-state index >= 15 is 0 Å². The number of hydrogen-bond donors (Lipinski definition) is 2. The van der Waals surface area contributed by atoms with E-state index in [2.05, 4.69) is 4.98 Å². The minimum atomic E-state index is -0.0519. The Bertz CT molecular complexity index is 280. The van der Waals surface area contributed by atoms with Gasteiger partial charge in [-0.1, -0.05) is 0 Å². The molecule has 0 atom stereocenters. The maximum absolute atomic E-state index is 7.07. The number of pyridine rings is 1. The van der Waals surface area contributed by atoms with Crippen LogP contribution < -0.4 is 10.5 Å². The Labute approximate surface area is 88.8 Å². The molecule has 0 aliphatic rings. The number of methoxy groups -OCH3 is 1. The van der Waals surface area contributed by atoms with Gasteiger partial charge in [0.05, 0.1) is 7.11 Å². The average molecular weight is 224 g/mol. The van der Waals surface area contributed by atoms with Gasteiger partial charge >= 0.3 is 0 Å². The van der Waals surface area contributed by atoms with Gasteiger partial charge in [0, 0.05) is 12.3 Å². The van der Waals surface area contributed by atoms with Gasteiger partial charge in [-0.25, -0.2) is 0 Å². The van der Waals surface area contributed by atoms with Crippen molar-refractivity contribution in [2.24, 2.45) is 5.73 Å². The number of nitrogen functional groups attached to an aromatic ring is 1. The van der Waals surface area contributed by atoms with Crippen molar-refractivity contribution in [2.45, 2.75) is 0 Å². The molecule has 1 rings (SSSR count). The Hall–Kier alpha value is -1.00. The summed E-state index contributed by atoms with van der Waals surface area (Å²) in [6.45, 7) is 0. The molecule has 0 aliphatic carbocycles. The third kappa shape index (κ3) is 3.96. The molecule has 74 valence electrons. The highest BCUT2D eigenvalue weighted by Gasteiger charge is 1.98. The summed E-state index contributed by atoms with van der Waals surface area (Å²) < 4.78 is 4.91. The van der Waals surface area contributed by atoms with E-state index in [4.69, 9.17) is 15.9 Å². The van der Waals surface area contributed by atoms with Gasteiger partial charge in [-0.05, 0) is 6.07 Å². The first kappa shape index (κ1) is 14.5. The molecule has 3 N–H and O–H groups in total. The smallest absolute Gasteiger partial charge is 0.141 e. The van der Waals surface area contributed by atoms with Crippen LogP contribution in [0.15, 0.2) is 18.3 Å². The molecule has 0 amide bonds. The lowest BCUT2D eigenvalue weighted by Gasteiger charge is -2.00. The van der Waals surface area contributed by atoms with Crippen molar-refractivity contribution in [1.29, 1.82) is 5.41 Å². The van der Waals surface area contributed by atoms with Gasteiger partial charge in [-0.15, -0.1) is 24.8 Å². The summed E-state index contributed by atoms with van der Waals surface area (Å²) in [5, 5.41) is 7.07. The van der Waals surface area contributed by atoms with E-state index in [1.165, 1.54) is 0 Å². The number of nitrogens with two attached hydrogens (primary N) is 1. The second-order valence-corrected chi connectivity index (χ2v) is 1.99. The third-order valence-corrected chi connectivity index (χ3v) is 1.24. The molecule has 1 aromatic rings. The second-order valence-electron chi connectivity index (χ2n) is 1.99. The van der Waals surface area contributed by atoms with Gasteiger partial charge in [0.25, 0.3) is 0 Å². The van der Waals surface area contributed by atoms with E-state index in [9.17, 15) is 0 Å². The van der Waals surface area contributed by atoms with Crippen LogP contribution in [0.1, 0.15) is 5.69 Å². The van der Waals surface area contributed by atoms with Crippen LogP contribution in [-0.4, -0.2) is 17.9 Å². The Balaban J connectivity index is 0. The SMILES string of the molecule is COc1ccnc(C(=N)N)c1.Cl.Cl. The molecular weight excluding hydrogens is 213 g/mol. The monoisotopic (exact) mass is 223 g/mol. The van der Waals surface area contributed by atoms with Gasteiger partial charge in [-0.2, -0.15) is 0 Å². The molecule has 0 unspecified atom stereocenters. The molecule has 0 bridgehead atoms. The minimum Gasteiger partial charge on any atom is -0.497 e. The standard InChI is InChI=1S/C7H9N3O.2ClH/c1-11-5-2-3-10-6(4-5)7(8)9;;/h2-4H,1H3,(H3,8,9);2*1H. The fraction of sp³-hybridized carbons (Fsp3) is 0.143. The lowest BCUT2D eigenvalue weighted by atomic mass is 10.3. The van der Waals surface area contributed by atoms with Crippen LogP contribution in [-0.2, 0) is 0 Å². The molecule has 1 aromatic heterocycles. The van der Waals surface area contributed by atoms with Crippen molar-refractivity contribution in [2.75, 3.05) is 7.11 Å². The fourth-order valence-corrected chi connectivity index (χ4v) is 0.685. The molecule has 0 aliphatic heterocycles. The molecule has 0 saturated heterocycles. The van der Waals surface area contributed by atoms with Gasteiger partial charge < -0.3 is 10.5 Å². The number of nitrogens with one attached hydrogen (secondary N) is 1. The van der Waals surface area contributed by atoms with Gasteiger partial charge in [0.1, 0.15) is 17.3 Å². The van der Waals surface area contributed by atoms with E-state index in [0.29, 0.717) is 11.4 Å². The number of rotatable bonds is 2. The van der Waals surface area contributed by atoms with Gasteiger partial charge in [0.2, 0.25) is 0 Å². The first-order valence-electron chi connectivity index (χ1n) is 3.08. The zero-order valence-electron chi connectivity index (χ0n) is 6.98. The highest BCUT2D eigenvalue weighted by atomic mass is 35.5. The normalized spacial score (nSPS) is 7.77. The highest BCUT2D eigenvalue weighted by molar-refractivity contribution is 5.93. The van der Waals surface area contributed by atoms with Crippen molar-refractivity contribution < 1.29 is 4.74 Å². The van der Waals surface area contributed by atoms with Crippen LogP contribution in [0.2, 0.25) is 0 Å². The molecular formula is C7H11Cl2N3O. The molecule has 0 saturated carbocycles. The molecule has 6 heteroatoms. The number of amidine groups is 1. The summed E-state index contributed by atoms with van der Waals surface area (Å²) in [5.74, 6) is 0.606. The van der Waals surface area contributed by atoms with Gasteiger partial charge in [0.15, 0.2) is 0 Å². The van der Waals surface area contributed by atoms with Crippen LogP contribution in [0.3, 0.4) is 0 Å². The number of aromatic nitrogens is 1. The summed E-state index contributed by atoms with van der Waals surface area (Å²) in [5.41, 5.74) is 5.64. The Kier molecular flexibility index (Phi) is 7.27. The summed E-state index contributed by atoms with van der Waals surface area (Å²) in [6, 6.07) is 3.31. The predicted molar refractivity (Wildman–Crippen MR) is 56.3 cm³/mol. The minimum absolute atomic E-state index is 0. The fourth-order valence-electron chi connectivity index (χ4n) is 0.685. The van der Waals surface area contributed by atoms with Crippen LogP contribution in [0.5, 0.6) is 5.75 Å². The van der Waals surface area contributed by atoms with E-state index in [0.717, 1.165) is 0 Å². The number of ether oxygens (including phenoxy) is 1. The highest BCUT2D eigenvalue weighted by Crippen LogP contribution is 2.08. The van der Waals surface area contributed by atoms with Crippen LogP contribution in [0.4, 0.5) is 0 Å². The predicted octanol–water partition coefficient (Wildman–Crippen LogP) is 1.22. The first-order valence-corrected chi connectivity index (χ1v) is 3.08. The van der Waals surface area contributed by atoms with Crippen molar-refractivity contribution >= 4 is 30.6 Å². The van der Waals surface area contributed by atoms with E-state index in [1.54, 1.807) is 25.4 Å².